The summed E-state index contributed by atoms with van der Waals surface area (Å²) in [5.41, 5.74) is 2.85. The maximum atomic E-state index is 13.0. The van der Waals surface area contributed by atoms with Crippen LogP contribution in [-0.4, -0.2) is 32.3 Å². The monoisotopic (exact) mass is 420 g/mol. The molecule has 1 N–H and O–H groups in total. The van der Waals surface area contributed by atoms with Gasteiger partial charge in [0.15, 0.2) is 0 Å². The van der Waals surface area contributed by atoms with Crippen LogP contribution < -0.4 is 4.72 Å². The fourth-order valence-electron chi connectivity index (χ4n) is 3.73. The Morgan fingerprint density at radius 3 is 2.33 bits per heavy atom. The van der Waals surface area contributed by atoms with E-state index in [0.717, 1.165) is 37.1 Å². The van der Waals surface area contributed by atoms with Gasteiger partial charge in [-0.3, -0.25) is 4.79 Å². The second kappa shape index (κ2) is 8.81. The molecule has 4 rings (SSSR count). The molecule has 5 nitrogen and oxygen atoms in total. The van der Waals surface area contributed by atoms with Crippen LogP contribution in [0.4, 0.5) is 0 Å². The quantitative estimate of drug-likeness (QED) is 0.654. The van der Waals surface area contributed by atoms with Gasteiger partial charge < -0.3 is 4.90 Å². The molecule has 1 saturated heterocycles. The van der Waals surface area contributed by atoms with E-state index in [-0.39, 0.29) is 17.3 Å². The molecule has 0 bridgehead atoms. The van der Waals surface area contributed by atoms with Gasteiger partial charge in [-0.1, -0.05) is 60.7 Å². The van der Waals surface area contributed by atoms with Gasteiger partial charge in [-0.2, -0.15) is 0 Å². The predicted molar refractivity (Wildman–Crippen MR) is 117 cm³/mol. The first kappa shape index (κ1) is 20.3. The average Bonchev–Trinajstić information content (AvgIpc) is 3.33. The van der Waals surface area contributed by atoms with Crippen LogP contribution in [-0.2, 0) is 16.6 Å². The van der Waals surface area contributed by atoms with Crippen LogP contribution in [0.3, 0.4) is 0 Å². The number of amides is 1. The molecule has 3 aromatic carbocycles. The van der Waals surface area contributed by atoms with Crippen molar-refractivity contribution in [3.63, 3.8) is 0 Å². The zero-order chi connectivity index (χ0) is 21.0. The lowest BCUT2D eigenvalue weighted by atomic mass is 10.1. The molecule has 1 amide bonds. The van der Waals surface area contributed by atoms with E-state index in [4.69, 9.17) is 0 Å². The summed E-state index contributed by atoms with van der Waals surface area (Å²) >= 11 is 0. The number of nitrogens with zero attached hydrogens (tertiary/aromatic N) is 1. The summed E-state index contributed by atoms with van der Waals surface area (Å²) in [6, 6.07) is 23.6. The molecule has 0 radical (unpaired) electrons. The van der Waals surface area contributed by atoms with Gasteiger partial charge >= 0.3 is 0 Å². The highest BCUT2D eigenvalue weighted by Gasteiger charge is 2.21. The molecule has 0 aromatic heterocycles. The smallest absolute Gasteiger partial charge is 0.253 e. The molecule has 1 fully saturated rings. The second-order valence-corrected chi connectivity index (χ2v) is 9.12. The molecule has 154 valence electrons. The lowest BCUT2D eigenvalue weighted by Crippen LogP contribution is -2.28. The number of carbonyl (C=O) groups is 1. The minimum absolute atomic E-state index is 0.00614. The summed E-state index contributed by atoms with van der Waals surface area (Å²) in [6.07, 6.45) is 2.07. The fourth-order valence-corrected chi connectivity index (χ4v) is 4.98. The van der Waals surface area contributed by atoms with Gasteiger partial charge in [0.2, 0.25) is 10.0 Å². The maximum absolute atomic E-state index is 13.0. The Kier molecular flexibility index (Phi) is 5.97. The Morgan fingerprint density at radius 2 is 1.57 bits per heavy atom. The number of hydrogen-bond acceptors (Lipinski definition) is 3. The second-order valence-electron chi connectivity index (χ2n) is 7.39. The van der Waals surface area contributed by atoms with Crippen LogP contribution in [0.25, 0.3) is 11.1 Å². The number of likely N-dealkylation sites (tertiary alicyclic amines) is 1. The molecule has 0 aliphatic carbocycles. The standard InChI is InChI=1S/C24H24N2O3S/c27-24(26-15-6-7-16-26)21-12-8-9-19(17-21)18-25-30(28,29)23-14-5-4-13-22(23)20-10-2-1-3-11-20/h1-5,8-14,17,25H,6-7,15-16,18H2. The van der Waals surface area contributed by atoms with E-state index in [1.165, 1.54) is 0 Å². The molecule has 1 aliphatic heterocycles. The van der Waals surface area contributed by atoms with E-state index in [1.807, 2.05) is 47.4 Å². The topological polar surface area (TPSA) is 66.5 Å². The Bertz CT molecular complexity index is 1140. The number of hydrogen-bond donors (Lipinski definition) is 1. The van der Waals surface area contributed by atoms with Gasteiger partial charge in [0.1, 0.15) is 0 Å². The summed E-state index contributed by atoms with van der Waals surface area (Å²) in [5, 5.41) is 0. The molecule has 30 heavy (non-hydrogen) atoms. The highest BCUT2D eigenvalue weighted by atomic mass is 32.2. The summed E-state index contributed by atoms with van der Waals surface area (Å²) in [5.74, 6) is 0.00614. The lowest BCUT2D eigenvalue weighted by molar-refractivity contribution is 0.0792. The Morgan fingerprint density at radius 1 is 0.867 bits per heavy atom. The van der Waals surface area contributed by atoms with Crippen LogP contribution in [0.15, 0.2) is 83.8 Å². The Labute approximate surface area is 177 Å². The molecule has 3 aromatic rings. The summed E-state index contributed by atoms with van der Waals surface area (Å²) in [6.45, 7) is 1.69. The third-order valence-electron chi connectivity index (χ3n) is 5.29. The van der Waals surface area contributed by atoms with E-state index >= 15 is 0 Å². The number of carbonyl (C=O) groups excluding carboxylic acids is 1. The van der Waals surface area contributed by atoms with Crippen LogP contribution in [0.1, 0.15) is 28.8 Å². The van der Waals surface area contributed by atoms with Crippen molar-refractivity contribution in [2.75, 3.05) is 13.1 Å². The molecular weight excluding hydrogens is 396 g/mol. The number of benzene rings is 3. The van der Waals surface area contributed by atoms with Gasteiger partial charge in [0.05, 0.1) is 4.90 Å². The molecule has 0 spiro atoms. The highest BCUT2D eigenvalue weighted by Crippen LogP contribution is 2.27. The molecule has 0 unspecified atom stereocenters. The van der Waals surface area contributed by atoms with Crippen molar-refractivity contribution in [2.45, 2.75) is 24.3 Å². The van der Waals surface area contributed by atoms with Crippen molar-refractivity contribution in [3.05, 3.63) is 90.0 Å². The summed E-state index contributed by atoms with van der Waals surface area (Å²) in [7, 11) is -3.73. The number of rotatable bonds is 6. The summed E-state index contributed by atoms with van der Waals surface area (Å²) < 4.78 is 28.8. The molecule has 6 heteroatoms. The maximum Gasteiger partial charge on any atom is 0.253 e. The van der Waals surface area contributed by atoms with Gasteiger partial charge in [0.25, 0.3) is 5.91 Å². The molecule has 1 heterocycles. The molecule has 0 atom stereocenters. The van der Waals surface area contributed by atoms with Gasteiger partial charge in [-0.25, -0.2) is 13.1 Å². The van der Waals surface area contributed by atoms with Gasteiger partial charge in [0, 0.05) is 30.8 Å². The van der Waals surface area contributed by atoms with Crippen LogP contribution in [0.2, 0.25) is 0 Å². The van der Waals surface area contributed by atoms with Crippen molar-refractivity contribution in [1.29, 1.82) is 0 Å². The van der Waals surface area contributed by atoms with E-state index in [2.05, 4.69) is 4.72 Å². The Hall–Kier alpha value is -2.96. The summed E-state index contributed by atoms with van der Waals surface area (Å²) in [4.78, 5) is 14.7. The highest BCUT2D eigenvalue weighted by molar-refractivity contribution is 7.89. The minimum Gasteiger partial charge on any atom is -0.339 e. The predicted octanol–water partition coefficient (Wildman–Crippen LogP) is 4.07. The van der Waals surface area contributed by atoms with E-state index < -0.39 is 10.0 Å². The Balaban J connectivity index is 1.53. The van der Waals surface area contributed by atoms with E-state index in [1.54, 1.807) is 36.4 Å². The van der Waals surface area contributed by atoms with Crippen LogP contribution in [0, 0.1) is 0 Å². The van der Waals surface area contributed by atoms with Crippen molar-refractivity contribution >= 4 is 15.9 Å². The van der Waals surface area contributed by atoms with Gasteiger partial charge in [-0.05, 0) is 42.2 Å². The first-order valence-electron chi connectivity index (χ1n) is 10.1. The normalized spacial score (nSPS) is 14.1. The zero-order valence-corrected chi connectivity index (χ0v) is 17.4. The van der Waals surface area contributed by atoms with Gasteiger partial charge in [-0.15, -0.1) is 0 Å². The molecular formula is C24H24N2O3S. The van der Waals surface area contributed by atoms with Crippen molar-refractivity contribution in [3.8, 4) is 11.1 Å². The van der Waals surface area contributed by atoms with Crippen molar-refractivity contribution < 1.29 is 13.2 Å². The average molecular weight is 421 g/mol. The van der Waals surface area contributed by atoms with Crippen LogP contribution in [0.5, 0.6) is 0 Å². The van der Waals surface area contributed by atoms with Crippen molar-refractivity contribution in [2.24, 2.45) is 0 Å². The third-order valence-corrected chi connectivity index (χ3v) is 6.75. The largest absolute Gasteiger partial charge is 0.339 e. The van der Waals surface area contributed by atoms with E-state index in [0.29, 0.717) is 11.1 Å². The third kappa shape index (κ3) is 4.45. The van der Waals surface area contributed by atoms with Crippen LogP contribution >= 0.6 is 0 Å². The fraction of sp³-hybridized carbons (Fsp3) is 0.208. The van der Waals surface area contributed by atoms with Crippen molar-refractivity contribution in [1.82, 2.24) is 9.62 Å². The number of sulfonamides is 1. The first-order valence-corrected chi connectivity index (χ1v) is 11.6. The zero-order valence-electron chi connectivity index (χ0n) is 16.6. The SMILES string of the molecule is O=C(c1cccc(CNS(=O)(=O)c2ccccc2-c2ccccc2)c1)N1CCCC1. The molecule has 0 saturated carbocycles. The number of nitrogens with one attached hydrogen (secondary N) is 1. The first-order chi connectivity index (χ1) is 14.5. The van der Waals surface area contributed by atoms with E-state index in [9.17, 15) is 13.2 Å². The molecule has 1 aliphatic rings. The lowest BCUT2D eigenvalue weighted by Gasteiger charge is -2.16. The minimum atomic E-state index is -3.73.